The fraction of sp³-hybridized carbons (Fsp3) is 0.562. The first kappa shape index (κ1) is 15.2. The molecule has 6 heteroatoms. The highest BCUT2D eigenvalue weighted by Gasteiger charge is 2.28. The molecule has 1 aliphatic carbocycles. The lowest BCUT2D eigenvalue weighted by molar-refractivity contribution is -0.122. The van der Waals surface area contributed by atoms with E-state index in [9.17, 15) is 9.59 Å². The standard InChI is InChI=1S/C16H21N3O2S/c1-9-11(3)22-15-14(9)16(21)19(8-17-15)7-6-13(20)18-10(2)12-4-5-12/h8,10,12H,4-7H2,1-3H3,(H,18,20)/t10-/m1/s1. The summed E-state index contributed by atoms with van der Waals surface area (Å²) in [5.41, 5.74) is 0.952. The summed E-state index contributed by atoms with van der Waals surface area (Å²) in [4.78, 5) is 30.7. The van der Waals surface area contributed by atoms with Crippen LogP contribution in [0.2, 0.25) is 0 Å². The lowest BCUT2D eigenvalue weighted by atomic mass is 10.2. The number of rotatable bonds is 5. The SMILES string of the molecule is Cc1sc2ncn(CCC(=O)N[C@H](C)C3CC3)c(=O)c2c1C. The predicted molar refractivity (Wildman–Crippen MR) is 88.3 cm³/mol. The van der Waals surface area contributed by atoms with Crippen LogP contribution in [0.5, 0.6) is 0 Å². The number of hydrogen-bond acceptors (Lipinski definition) is 4. The summed E-state index contributed by atoms with van der Waals surface area (Å²) in [5, 5.41) is 3.70. The van der Waals surface area contributed by atoms with E-state index in [0.29, 0.717) is 24.3 Å². The lowest BCUT2D eigenvalue weighted by Crippen LogP contribution is -2.35. The molecule has 1 saturated carbocycles. The molecule has 0 saturated heterocycles. The Morgan fingerprint density at radius 3 is 2.91 bits per heavy atom. The maximum Gasteiger partial charge on any atom is 0.262 e. The van der Waals surface area contributed by atoms with Crippen LogP contribution in [0.3, 0.4) is 0 Å². The van der Waals surface area contributed by atoms with E-state index in [0.717, 1.165) is 15.3 Å². The molecule has 0 aromatic carbocycles. The van der Waals surface area contributed by atoms with Crippen molar-refractivity contribution in [3.63, 3.8) is 0 Å². The Hall–Kier alpha value is -1.69. The maximum absolute atomic E-state index is 12.5. The minimum absolute atomic E-state index is 0.00428. The number of aryl methyl sites for hydroxylation is 3. The summed E-state index contributed by atoms with van der Waals surface area (Å²) in [6.45, 7) is 6.37. The number of thiophene rings is 1. The molecule has 118 valence electrons. The van der Waals surface area contributed by atoms with Gasteiger partial charge in [-0.1, -0.05) is 0 Å². The molecule has 1 fully saturated rings. The Kier molecular flexibility index (Phi) is 4.04. The Bertz CT molecular complexity index is 774. The third-order valence-corrected chi connectivity index (χ3v) is 5.57. The smallest absolute Gasteiger partial charge is 0.262 e. The molecule has 1 N–H and O–H groups in total. The first-order valence-electron chi connectivity index (χ1n) is 7.72. The first-order chi connectivity index (χ1) is 10.5. The van der Waals surface area contributed by atoms with Crippen molar-refractivity contribution in [1.29, 1.82) is 0 Å². The Balaban J connectivity index is 1.71. The predicted octanol–water partition coefficient (Wildman–Crippen LogP) is 2.38. The molecule has 3 rings (SSSR count). The zero-order valence-corrected chi connectivity index (χ0v) is 14.0. The van der Waals surface area contributed by atoms with E-state index in [1.54, 1.807) is 22.2 Å². The van der Waals surface area contributed by atoms with Crippen LogP contribution in [-0.4, -0.2) is 21.5 Å². The Labute approximate surface area is 133 Å². The number of amides is 1. The van der Waals surface area contributed by atoms with Crippen LogP contribution < -0.4 is 10.9 Å². The number of carbonyl (C=O) groups excluding carboxylic acids is 1. The quantitative estimate of drug-likeness (QED) is 0.920. The van der Waals surface area contributed by atoms with Crippen LogP contribution in [0.25, 0.3) is 10.2 Å². The lowest BCUT2D eigenvalue weighted by Gasteiger charge is -2.13. The minimum Gasteiger partial charge on any atom is -0.353 e. The van der Waals surface area contributed by atoms with Crippen molar-refractivity contribution in [3.05, 3.63) is 27.1 Å². The zero-order chi connectivity index (χ0) is 15.9. The molecule has 0 aliphatic heterocycles. The molecule has 1 amide bonds. The van der Waals surface area contributed by atoms with Crippen molar-refractivity contribution < 1.29 is 4.79 Å². The Morgan fingerprint density at radius 1 is 1.50 bits per heavy atom. The summed E-state index contributed by atoms with van der Waals surface area (Å²) in [6, 6.07) is 0.242. The minimum atomic E-state index is -0.0464. The van der Waals surface area contributed by atoms with Gasteiger partial charge in [0, 0.05) is 23.9 Å². The molecule has 2 aromatic rings. The molecular weight excluding hydrogens is 298 g/mol. The van der Waals surface area contributed by atoms with Crippen molar-refractivity contribution in [1.82, 2.24) is 14.9 Å². The van der Waals surface area contributed by atoms with Gasteiger partial charge in [0.25, 0.3) is 5.56 Å². The van der Waals surface area contributed by atoms with E-state index in [4.69, 9.17) is 0 Å². The van der Waals surface area contributed by atoms with E-state index in [1.165, 1.54) is 12.8 Å². The van der Waals surface area contributed by atoms with Crippen LogP contribution in [0, 0.1) is 19.8 Å². The number of nitrogens with zero attached hydrogens (tertiary/aromatic N) is 2. The summed E-state index contributed by atoms with van der Waals surface area (Å²) < 4.78 is 1.54. The van der Waals surface area contributed by atoms with Gasteiger partial charge in [0.1, 0.15) is 4.83 Å². The molecule has 1 aliphatic rings. The van der Waals surface area contributed by atoms with Crippen molar-refractivity contribution in [3.8, 4) is 0 Å². The van der Waals surface area contributed by atoms with Gasteiger partial charge in [-0.25, -0.2) is 4.98 Å². The van der Waals surface area contributed by atoms with Gasteiger partial charge in [0.05, 0.1) is 11.7 Å². The Morgan fingerprint density at radius 2 is 2.23 bits per heavy atom. The normalized spacial score (nSPS) is 16.0. The van der Waals surface area contributed by atoms with Gasteiger partial charge < -0.3 is 5.32 Å². The van der Waals surface area contributed by atoms with Crippen LogP contribution in [0.1, 0.15) is 36.6 Å². The highest BCUT2D eigenvalue weighted by atomic mass is 32.1. The second-order valence-corrected chi connectivity index (χ2v) is 7.35. The van der Waals surface area contributed by atoms with E-state index >= 15 is 0 Å². The van der Waals surface area contributed by atoms with Gasteiger partial charge in [-0.15, -0.1) is 11.3 Å². The van der Waals surface area contributed by atoms with Crippen LogP contribution in [-0.2, 0) is 11.3 Å². The average Bonchev–Trinajstić information content (AvgIpc) is 3.26. The molecule has 2 aromatic heterocycles. The summed E-state index contributed by atoms with van der Waals surface area (Å²) in [6.07, 6.45) is 4.28. The van der Waals surface area contributed by atoms with E-state index < -0.39 is 0 Å². The number of fused-ring (bicyclic) bond motifs is 1. The molecule has 0 spiro atoms. The van der Waals surface area contributed by atoms with Crippen LogP contribution in [0.15, 0.2) is 11.1 Å². The van der Waals surface area contributed by atoms with Gasteiger partial charge >= 0.3 is 0 Å². The second kappa shape index (κ2) is 5.83. The van der Waals surface area contributed by atoms with Crippen molar-refractivity contribution in [2.75, 3.05) is 0 Å². The van der Waals surface area contributed by atoms with Crippen molar-refractivity contribution in [2.24, 2.45) is 5.92 Å². The zero-order valence-electron chi connectivity index (χ0n) is 13.2. The highest BCUT2D eigenvalue weighted by molar-refractivity contribution is 7.18. The summed E-state index contributed by atoms with van der Waals surface area (Å²) >= 11 is 1.54. The van der Waals surface area contributed by atoms with Crippen molar-refractivity contribution >= 4 is 27.5 Å². The average molecular weight is 319 g/mol. The first-order valence-corrected chi connectivity index (χ1v) is 8.53. The van der Waals surface area contributed by atoms with Crippen molar-refractivity contribution in [2.45, 2.75) is 52.6 Å². The molecule has 0 unspecified atom stereocenters. The highest BCUT2D eigenvalue weighted by Crippen LogP contribution is 2.32. The number of nitrogens with one attached hydrogen (secondary N) is 1. The van der Waals surface area contributed by atoms with E-state index in [-0.39, 0.29) is 17.5 Å². The van der Waals surface area contributed by atoms with Crippen LogP contribution in [0.4, 0.5) is 0 Å². The fourth-order valence-electron chi connectivity index (χ4n) is 2.69. The maximum atomic E-state index is 12.5. The third kappa shape index (κ3) is 2.92. The second-order valence-electron chi connectivity index (χ2n) is 6.15. The van der Waals surface area contributed by atoms with E-state index in [1.807, 2.05) is 20.8 Å². The summed E-state index contributed by atoms with van der Waals surface area (Å²) in [5.74, 6) is 0.644. The van der Waals surface area contributed by atoms with Gasteiger partial charge in [-0.3, -0.25) is 14.2 Å². The topological polar surface area (TPSA) is 64.0 Å². The largest absolute Gasteiger partial charge is 0.353 e. The molecule has 0 radical (unpaired) electrons. The molecule has 1 atom stereocenters. The molecular formula is C16H21N3O2S. The molecule has 5 nitrogen and oxygen atoms in total. The van der Waals surface area contributed by atoms with Gasteiger partial charge in [0.15, 0.2) is 0 Å². The summed E-state index contributed by atoms with van der Waals surface area (Å²) in [7, 11) is 0. The van der Waals surface area contributed by atoms with Gasteiger partial charge in [-0.05, 0) is 45.1 Å². The van der Waals surface area contributed by atoms with Crippen LogP contribution >= 0.6 is 11.3 Å². The monoisotopic (exact) mass is 319 g/mol. The fourth-order valence-corrected chi connectivity index (χ4v) is 3.68. The number of hydrogen-bond donors (Lipinski definition) is 1. The molecule has 2 heterocycles. The van der Waals surface area contributed by atoms with E-state index in [2.05, 4.69) is 10.3 Å². The van der Waals surface area contributed by atoms with Gasteiger partial charge in [0.2, 0.25) is 5.91 Å². The number of carbonyl (C=O) groups is 1. The molecule has 0 bridgehead atoms. The van der Waals surface area contributed by atoms with Gasteiger partial charge in [-0.2, -0.15) is 0 Å². The number of aromatic nitrogens is 2. The third-order valence-electron chi connectivity index (χ3n) is 4.45. The molecule has 22 heavy (non-hydrogen) atoms.